The van der Waals surface area contributed by atoms with Gasteiger partial charge in [-0.1, -0.05) is 25.2 Å². The maximum absolute atomic E-state index is 5.57. The van der Waals surface area contributed by atoms with Gasteiger partial charge in [-0.15, -0.1) is 10.2 Å². The van der Waals surface area contributed by atoms with E-state index in [4.69, 9.17) is 5.73 Å². The molecule has 0 aliphatic rings. The number of nitrogens with two attached hydrogens (primary N) is 1. The molecule has 0 atom stereocenters. The SMILES string of the molecule is CN(C)CCC(C)(C)c1nnc(N)s1. The smallest absolute Gasteiger partial charge is 0.203 e. The second kappa shape index (κ2) is 4.23. The first-order valence-corrected chi connectivity index (χ1v) is 5.47. The van der Waals surface area contributed by atoms with Gasteiger partial charge in [-0.2, -0.15) is 0 Å². The molecule has 14 heavy (non-hydrogen) atoms. The molecule has 0 aliphatic heterocycles. The minimum atomic E-state index is 0.0690. The van der Waals surface area contributed by atoms with E-state index < -0.39 is 0 Å². The zero-order valence-corrected chi connectivity index (χ0v) is 10.1. The van der Waals surface area contributed by atoms with Crippen LogP contribution in [0.4, 0.5) is 5.13 Å². The molecule has 2 N–H and O–H groups in total. The van der Waals surface area contributed by atoms with Crippen molar-refractivity contribution in [1.82, 2.24) is 15.1 Å². The van der Waals surface area contributed by atoms with Crippen molar-refractivity contribution in [2.24, 2.45) is 0 Å². The Balaban J connectivity index is 2.65. The highest BCUT2D eigenvalue weighted by Gasteiger charge is 2.24. The van der Waals surface area contributed by atoms with Crippen LogP contribution in [0.2, 0.25) is 0 Å². The maximum Gasteiger partial charge on any atom is 0.203 e. The van der Waals surface area contributed by atoms with E-state index in [9.17, 15) is 0 Å². The first kappa shape index (κ1) is 11.4. The molecule has 5 heteroatoms. The Bertz CT molecular complexity index is 293. The minimum Gasteiger partial charge on any atom is -0.374 e. The molecule has 1 aromatic rings. The predicted octanol–water partition coefficient (Wildman–Crippen LogP) is 1.35. The zero-order chi connectivity index (χ0) is 10.8. The van der Waals surface area contributed by atoms with Crippen molar-refractivity contribution in [2.45, 2.75) is 25.7 Å². The minimum absolute atomic E-state index is 0.0690. The molecule has 0 unspecified atom stereocenters. The highest BCUT2D eigenvalue weighted by Crippen LogP contribution is 2.30. The number of rotatable bonds is 4. The molecule has 0 amide bonds. The Labute approximate surface area is 89.1 Å². The van der Waals surface area contributed by atoms with E-state index in [-0.39, 0.29) is 5.41 Å². The van der Waals surface area contributed by atoms with Gasteiger partial charge in [0.15, 0.2) is 0 Å². The Morgan fingerprint density at radius 3 is 2.43 bits per heavy atom. The number of hydrogen-bond donors (Lipinski definition) is 1. The summed E-state index contributed by atoms with van der Waals surface area (Å²) in [6.07, 6.45) is 1.06. The molecule has 0 bridgehead atoms. The molecule has 0 aliphatic carbocycles. The van der Waals surface area contributed by atoms with Crippen LogP contribution >= 0.6 is 11.3 Å². The topological polar surface area (TPSA) is 55.0 Å². The van der Waals surface area contributed by atoms with Crippen molar-refractivity contribution in [3.05, 3.63) is 5.01 Å². The van der Waals surface area contributed by atoms with E-state index >= 15 is 0 Å². The van der Waals surface area contributed by atoms with Crippen LogP contribution in [-0.4, -0.2) is 35.7 Å². The van der Waals surface area contributed by atoms with Gasteiger partial charge in [0.1, 0.15) is 5.01 Å². The molecule has 0 spiro atoms. The Kier molecular flexibility index (Phi) is 3.44. The van der Waals surface area contributed by atoms with E-state index in [1.54, 1.807) is 0 Å². The summed E-state index contributed by atoms with van der Waals surface area (Å²) < 4.78 is 0. The lowest BCUT2D eigenvalue weighted by Crippen LogP contribution is -2.24. The van der Waals surface area contributed by atoms with Crippen LogP contribution in [0, 0.1) is 0 Å². The summed E-state index contributed by atoms with van der Waals surface area (Å²) in [6, 6.07) is 0. The highest BCUT2D eigenvalue weighted by molar-refractivity contribution is 7.15. The lowest BCUT2D eigenvalue weighted by molar-refractivity contribution is 0.341. The summed E-state index contributed by atoms with van der Waals surface area (Å²) in [5.41, 5.74) is 5.63. The van der Waals surface area contributed by atoms with Gasteiger partial charge in [0.05, 0.1) is 0 Å². The summed E-state index contributed by atoms with van der Waals surface area (Å²) in [6.45, 7) is 5.40. The number of hydrogen-bond acceptors (Lipinski definition) is 5. The van der Waals surface area contributed by atoms with Crippen LogP contribution in [0.15, 0.2) is 0 Å². The van der Waals surface area contributed by atoms with Crippen LogP contribution in [-0.2, 0) is 5.41 Å². The van der Waals surface area contributed by atoms with Crippen LogP contribution in [0.3, 0.4) is 0 Å². The number of nitrogens with zero attached hydrogens (tertiary/aromatic N) is 3. The molecule has 0 fully saturated rings. The Morgan fingerprint density at radius 2 is 2.00 bits per heavy atom. The normalized spacial score (nSPS) is 12.4. The van der Waals surface area contributed by atoms with Gasteiger partial charge in [-0.05, 0) is 27.1 Å². The average molecular weight is 214 g/mol. The third kappa shape index (κ3) is 2.92. The summed E-state index contributed by atoms with van der Waals surface area (Å²) in [5.74, 6) is 0. The van der Waals surface area contributed by atoms with Crippen molar-refractivity contribution in [3.8, 4) is 0 Å². The van der Waals surface area contributed by atoms with E-state index in [1.165, 1.54) is 11.3 Å². The van der Waals surface area contributed by atoms with Gasteiger partial charge in [0.2, 0.25) is 5.13 Å². The maximum atomic E-state index is 5.57. The molecular formula is C9H18N4S. The standard InChI is InChI=1S/C9H18N4S/c1-9(2,5-6-13(3)4)7-11-12-8(10)14-7/h5-6H2,1-4H3,(H2,10,12). The second-order valence-corrected chi connectivity index (χ2v) is 5.39. The van der Waals surface area contributed by atoms with E-state index in [0.29, 0.717) is 5.13 Å². The summed E-state index contributed by atoms with van der Waals surface area (Å²) >= 11 is 1.48. The number of anilines is 1. The Hall–Kier alpha value is -0.680. The largest absolute Gasteiger partial charge is 0.374 e. The lowest BCUT2D eigenvalue weighted by atomic mass is 9.90. The van der Waals surface area contributed by atoms with Crippen molar-refractivity contribution >= 4 is 16.5 Å². The van der Waals surface area contributed by atoms with Crippen LogP contribution in [0.1, 0.15) is 25.3 Å². The van der Waals surface area contributed by atoms with Crippen molar-refractivity contribution in [3.63, 3.8) is 0 Å². The molecule has 0 saturated carbocycles. The fourth-order valence-electron chi connectivity index (χ4n) is 1.12. The third-order valence-corrected chi connectivity index (χ3v) is 3.32. The summed E-state index contributed by atoms with van der Waals surface area (Å²) in [4.78, 5) is 2.17. The van der Waals surface area contributed by atoms with Gasteiger partial charge in [-0.3, -0.25) is 0 Å². The van der Waals surface area contributed by atoms with Gasteiger partial charge in [-0.25, -0.2) is 0 Å². The fourth-order valence-corrected chi connectivity index (χ4v) is 1.86. The third-order valence-electron chi connectivity index (χ3n) is 2.20. The molecule has 0 aromatic carbocycles. The highest BCUT2D eigenvalue weighted by atomic mass is 32.1. The van der Waals surface area contributed by atoms with Gasteiger partial charge in [0, 0.05) is 5.41 Å². The molecule has 4 nitrogen and oxygen atoms in total. The first-order valence-electron chi connectivity index (χ1n) is 4.66. The summed E-state index contributed by atoms with van der Waals surface area (Å²) in [7, 11) is 4.15. The van der Waals surface area contributed by atoms with E-state index in [2.05, 4.69) is 43.0 Å². The van der Waals surface area contributed by atoms with E-state index in [1.807, 2.05) is 0 Å². The molecule has 0 radical (unpaired) electrons. The predicted molar refractivity (Wildman–Crippen MR) is 60.5 cm³/mol. The van der Waals surface area contributed by atoms with Crippen molar-refractivity contribution in [1.29, 1.82) is 0 Å². The monoisotopic (exact) mass is 214 g/mol. The van der Waals surface area contributed by atoms with Crippen LogP contribution < -0.4 is 5.73 Å². The first-order chi connectivity index (χ1) is 6.42. The molecular weight excluding hydrogens is 196 g/mol. The second-order valence-electron chi connectivity index (χ2n) is 4.38. The fraction of sp³-hybridized carbons (Fsp3) is 0.778. The van der Waals surface area contributed by atoms with Crippen LogP contribution in [0.25, 0.3) is 0 Å². The number of nitrogen functional groups attached to an aromatic ring is 1. The molecule has 0 saturated heterocycles. The number of aromatic nitrogens is 2. The van der Waals surface area contributed by atoms with E-state index in [0.717, 1.165) is 18.0 Å². The van der Waals surface area contributed by atoms with Gasteiger partial charge >= 0.3 is 0 Å². The van der Waals surface area contributed by atoms with Gasteiger partial charge < -0.3 is 10.6 Å². The Morgan fingerprint density at radius 1 is 1.36 bits per heavy atom. The summed E-state index contributed by atoms with van der Waals surface area (Å²) in [5, 5.41) is 9.51. The van der Waals surface area contributed by atoms with Crippen LogP contribution in [0.5, 0.6) is 0 Å². The zero-order valence-electron chi connectivity index (χ0n) is 9.24. The van der Waals surface area contributed by atoms with Crippen molar-refractivity contribution in [2.75, 3.05) is 26.4 Å². The molecule has 80 valence electrons. The molecule has 1 rings (SSSR count). The van der Waals surface area contributed by atoms with Crippen molar-refractivity contribution < 1.29 is 0 Å². The van der Waals surface area contributed by atoms with Gasteiger partial charge in [0.25, 0.3) is 0 Å². The molecule has 1 heterocycles. The average Bonchev–Trinajstić information content (AvgIpc) is 2.49. The quantitative estimate of drug-likeness (QED) is 0.822. The lowest BCUT2D eigenvalue weighted by Gasteiger charge is -2.23. The molecule has 1 aromatic heterocycles.